The van der Waals surface area contributed by atoms with Crippen molar-refractivity contribution in [3.05, 3.63) is 11.9 Å². The molecule has 0 saturated heterocycles. The summed E-state index contributed by atoms with van der Waals surface area (Å²) in [6.45, 7) is 2.50. The van der Waals surface area contributed by atoms with Gasteiger partial charge in [0.05, 0.1) is 5.69 Å². The average Bonchev–Trinajstić information content (AvgIpc) is 2.75. The Kier molecular flexibility index (Phi) is 5.53. The highest BCUT2D eigenvalue weighted by atomic mass is 19.4. The molecule has 21 heavy (non-hydrogen) atoms. The Bertz CT molecular complexity index is 434. The molecule has 3 nitrogen and oxygen atoms in total. The van der Waals surface area contributed by atoms with E-state index in [4.69, 9.17) is 0 Å². The lowest BCUT2D eigenvalue weighted by Gasteiger charge is -2.23. The molecule has 0 radical (unpaired) electrons. The fourth-order valence-electron chi connectivity index (χ4n) is 2.87. The maximum absolute atomic E-state index is 12.1. The van der Waals surface area contributed by atoms with Gasteiger partial charge >= 0.3 is 6.18 Å². The van der Waals surface area contributed by atoms with Gasteiger partial charge in [-0.2, -0.15) is 13.2 Å². The minimum absolute atomic E-state index is 0.170. The van der Waals surface area contributed by atoms with Gasteiger partial charge in [0.25, 0.3) is 0 Å². The number of imidazole rings is 1. The summed E-state index contributed by atoms with van der Waals surface area (Å²) in [6.07, 6.45) is 3.94. The van der Waals surface area contributed by atoms with Crippen LogP contribution in [0, 0.1) is 6.92 Å². The molecule has 0 amide bonds. The zero-order chi connectivity index (χ0) is 15.3. The lowest BCUT2D eigenvalue weighted by atomic mass is 9.96. The van der Waals surface area contributed by atoms with Gasteiger partial charge in [-0.25, -0.2) is 4.98 Å². The second-order valence-corrected chi connectivity index (χ2v) is 5.95. The monoisotopic (exact) mass is 303 g/mol. The third-order valence-corrected chi connectivity index (χ3v) is 3.94. The molecule has 0 bridgehead atoms. The van der Waals surface area contributed by atoms with Crippen LogP contribution in [0.3, 0.4) is 0 Å². The van der Waals surface area contributed by atoms with Crippen LogP contribution in [0.15, 0.2) is 6.20 Å². The van der Waals surface area contributed by atoms with E-state index in [9.17, 15) is 13.2 Å². The van der Waals surface area contributed by atoms with Crippen molar-refractivity contribution in [3.8, 4) is 0 Å². The number of anilines is 1. The standard InChI is InChI=1S/C15H24F3N3/c1-12-11-21(10-6-5-9-15(16,17)18)14(19-12)20-13-7-3-2-4-8-13/h11,13H,2-10H2,1H3,(H,19,20). The van der Waals surface area contributed by atoms with Crippen LogP contribution in [0.25, 0.3) is 0 Å². The summed E-state index contributed by atoms with van der Waals surface area (Å²) in [5, 5.41) is 3.46. The topological polar surface area (TPSA) is 29.9 Å². The van der Waals surface area contributed by atoms with Crippen molar-refractivity contribution in [3.63, 3.8) is 0 Å². The lowest BCUT2D eigenvalue weighted by molar-refractivity contribution is -0.135. The Balaban J connectivity index is 1.84. The van der Waals surface area contributed by atoms with Crippen molar-refractivity contribution in [2.24, 2.45) is 0 Å². The fourth-order valence-corrected chi connectivity index (χ4v) is 2.87. The molecule has 1 fully saturated rings. The molecule has 0 aliphatic heterocycles. The van der Waals surface area contributed by atoms with Crippen LogP contribution in [-0.2, 0) is 6.54 Å². The van der Waals surface area contributed by atoms with Gasteiger partial charge in [-0.3, -0.25) is 0 Å². The third kappa shape index (κ3) is 5.59. The second-order valence-electron chi connectivity index (χ2n) is 5.95. The van der Waals surface area contributed by atoms with Crippen LogP contribution >= 0.6 is 0 Å². The van der Waals surface area contributed by atoms with E-state index in [-0.39, 0.29) is 6.42 Å². The van der Waals surface area contributed by atoms with E-state index in [1.807, 2.05) is 17.7 Å². The highest BCUT2D eigenvalue weighted by Gasteiger charge is 2.26. The van der Waals surface area contributed by atoms with Gasteiger partial charge in [-0.1, -0.05) is 19.3 Å². The van der Waals surface area contributed by atoms with Crippen LogP contribution < -0.4 is 5.32 Å². The Morgan fingerprint density at radius 2 is 1.95 bits per heavy atom. The van der Waals surface area contributed by atoms with E-state index in [2.05, 4.69) is 10.3 Å². The molecule has 2 rings (SSSR count). The number of hydrogen-bond donors (Lipinski definition) is 1. The number of aromatic nitrogens is 2. The van der Waals surface area contributed by atoms with Gasteiger partial charge in [0.15, 0.2) is 0 Å². The largest absolute Gasteiger partial charge is 0.389 e. The number of hydrogen-bond acceptors (Lipinski definition) is 2. The zero-order valence-electron chi connectivity index (χ0n) is 12.5. The summed E-state index contributed by atoms with van der Waals surface area (Å²) >= 11 is 0. The maximum atomic E-state index is 12.1. The highest BCUT2D eigenvalue weighted by molar-refractivity contribution is 5.30. The van der Waals surface area contributed by atoms with Crippen LogP contribution in [0.1, 0.15) is 57.1 Å². The lowest BCUT2D eigenvalue weighted by Crippen LogP contribution is -2.24. The van der Waals surface area contributed by atoms with Crippen molar-refractivity contribution in [2.45, 2.75) is 77.1 Å². The van der Waals surface area contributed by atoms with Gasteiger partial charge in [0.2, 0.25) is 5.95 Å². The van der Waals surface area contributed by atoms with Crippen LogP contribution in [-0.4, -0.2) is 21.8 Å². The Morgan fingerprint density at radius 1 is 1.24 bits per heavy atom. The van der Waals surface area contributed by atoms with E-state index in [1.165, 1.54) is 19.3 Å². The molecule has 1 saturated carbocycles. The predicted molar refractivity (Wildman–Crippen MR) is 77.4 cm³/mol. The summed E-state index contributed by atoms with van der Waals surface area (Å²) in [5.74, 6) is 0.811. The summed E-state index contributed by atoms with van der Waals surface area (Å²) in [6, 6.07) is 0.453. The van der Waals surface area contributed by atoms with Crippen molar-refractivity contribution in [2.75, 3.05) is 5.32 Å². The molecular weight excluding hydrogens is 279 g/mol. The maximum Gasteiger partial charge on any atom is 0.389 e. The van der Waals surface area contributed by atoms with Crippen molar-refractivity contribution >= 4 is 5.95 Å². The fraction of sp³-hybridized carbons (Fsp3) is 0.800. The molecule has 1 aliphatic carbocycles. The Morgan fingerprint density at radius 3 is 2.62 bits per heavy atom. The first-order valence-corrected chi connectivity index (χ1v) is 7.81. The molecule has 0 spiro atoms. The molecule has 1 aromatic rings. The third-order valence-electron chi connectivity index (χ3n) is 3.94. The summed E-state index contributed by atoms with van der Waals surface area (Å²) in [7, 11) is 0. The Labute approximate surface area is 123 Å². The van der Waals surface area contributed by atoms with Gasteiger partial charge in [-0.15, -0.1) is 0 Å². The summed E-state index contributed by atoms with van der Waals surface area (Å²) < 4.78 is 38.4. The first kappa shape index (κ1) is 16.2. The molecule has 0 aromatic carbocycles. The molecule has 1 aliphatic rings. The molecule has 0 atom stereocenters. The van der Waals surface area contributed by atoms with Crippen LogP contribution in [0.5, 0.6) is 0 Å². The van der Waals surface area contributed by atoms with E-state index in [0.29, 0.717) is 19.0 Å². The molecule has 1 N–H and O–H groups in total. The number of aryl methyl sites for hydroxylation is 2. The van der Waals surface area contributed by atoms with E-state index in [0.717, 1.165) is 24.5 Å². The molecule has 6 heteroatoms. The summed E-state index contributed by atoms with van der Waals surface area (Å²) in [4.78, 5) is 4.46. The van der Waals surface area contributed by atoms with Gasteiger partial charge < -0.3 is 9.88 Å². The highest BCUT2D eigenvalue weighted by Crippen LogP contribution is 2.24. The number of alkyl halides is 3. The Hall–Kier alpha value is -1.20. The number of rotatable bonds is 6. The zero-order valence-corrected chi connectivity index (χ0v) is 12.5. The minimum Gasteiger partial charge on any atom is -0.353 e. The number of nitrogens with one attached hydrogen (secondary N) is 1. The quantitative estimate of drug-likeness (QED) is 0.774. The van der Waals surface area contributed by atoms with E-state index in [1.54, 1.807) is 0 Å². The molecule has 0 unspecified atom stereocenters. The summed E-state index contributed by atoms with van der Waals surface area (Å²) in [5.41, 5.74) is 0.907. The van der Waals surface area contributed by atoms with Crippen LogP contribution in [0.4, 0.5) is 19.1 Å². The first-order valence-electron chi connectivity index (χ1n) is 7.81. The molecule has 1 aromatic heterocycles. The number of halogens is 3. The van der Waals surface area contributed by atoms with Crippen molar-refractivity contribution in [1.82, 2.24) is 9.55 Å². The minimum atomic E-state index is -4.05. The van der Waals surface area contributed by atoms with E-state index < -0.39 is 12.6 Å². The number of nitrogens with zero attached hydrogens (tertiary/aromatic N) is 2. The first-order chi connectivity index (χ1) is 9.94. The van der Waals surface area contributed by atoms with Crippen molar-refractivity contribution < 1.29 is 13.2 Å². The predicted octanol–water partition coefficient (Wildman–Crippen LogP) is 4.67. The van der Waals surface area contributed by atoms with E-state index >= 15 is 0 Å². The van der Waals surface area contributed by atoms with Crippen LogP contribution in [0.2, 0.25) is 0 Å². The normalized spacial score (nSPS) is 17.1. The van der Waals surface area contributed by atoms with Gasteiger partial charge in [0, 0.05) is 25.2 Å². The molecular formula is C15H24F3N3. The SMILES string of the molecule is Cc1cn(CCCCC(F)(F)F)c(NC2CCCCC2)n1. The van der Waals surface area contributed by atoms with Crippen molar-refractivity contribution in [1.29, 1.82) is 0 Å². The smallest absolute Gasteiger partial charge is 0.353 e. The second kappa shape index (κ2) is 7.18. The average molecular weight is 303 g/mol. The van der Waals surface area contributed by atoms with Gasteiger partial charge in [0.1, 0.15) is 0 Å². The molecule has 120 valence electrons. The number of unbranched alkanes of at least 4 members (excludes halogenated alkanes) is 1. The molecule has 1 heterocycles. The van der Waals surface area contributed by atoms with Gasteiger partial charge in [-0.05, 0) is 32.6 Å².